The van der Waals surface area contributed by atoms with Crippen molar-refractivity contribution in [2.45, 2.75) is 58.6 Å². The maximum atomic E-state index is 12.4. The predicted molar refractivity (Wildman–Crippen MR) is 81.0 cm³/mol. The van der Waals surface area contributed by atoms with Crippen LogP contribution < -0.4 is 4.74 Å². The lowest BCUT2D eigenvalue weighted by Crippen LogP contribution is -2.42. The van der Waals surface area contributed by atoms with Crippen LogP contribution in [0.1, 0.15) is 43.7 Å². The molecule has 110 valence electrons. The summed E-state index contributed by atoms with van der Waals surface area (Å²) in [4.78, 5) is 14.3. The molecule has 2 rings (SSSR count). The Kier molecular flexibility index (Phi) is 4.69. The van der Waals surface area contributed by atoms with E-state index in [9.17, 15) is 4.79 Å². The Morgan fingerprint density at radius 3 is 2.60 bits per heavy atom. The van der Waals surface area contributed by atoms with Gasteiger partial charge in [0, 0.05) is 13.1 Å². The van der Waals surface area contributed by atoms with Crippen LogP contribution in [0.3, 0.4) is 0 Å². The van der Waals surface area contributed by atoms with Crippen LogP contribution in [-0.4, -0.2) is 30.0 Å². The molecule has 1 aliphatic carbocycles. The molecule has 0 spiro atoms. The van der Waals surface area contributed by atoms with Crippen molar-refractivity contribution in [3.05, 3.63) is 29.3 Å². The van der Waals surface area contributed by atoms with Crippen molar-refractivity contribution < 1.29 is 9.53 Å². The smallest absolute Gasteiger partial charge is 0.263 e. The van der Waals surface area contributed by atoms with Gasteiger partial charge in [0.15, 0.2) is 6.10 Å². The molecule has 3 heteroatoms. The molecule has 0 radical (unpaired) electrons. The van der Waals surface area contributed by atoms with E-state index in [1.807, 2.05) is 44.9 Å². The first-order valence-corrected chi connectivity index (χ1v) is 7.49. The molecule has 3 nitrogen and oxygen atoms in total. The van der Waals surface area contributed by atoms with Crippen molar-refractivity contribution in [2.24, 2.45) is 0 Å². The molecule has 1 aliphatic rings. The van der Waals surface area contributed by atoms with Crippen molar-refractivity contribution in [2.75, 3.05) is 7.05 Å². The van der Waals surface area contributed by atoms with Crippen LogP contribution in [0.5, 0.6) is 5.75 Å². The number of amides is 1. The van der Waals surface area contributed by atoms with Crippen molar-refractivity contribution in [3.63, 3.8) is 0 Å². The topological polar surface area (TPSA) is 29.5 Å². The standard InChI is InChI=1S/C17H25NO2/c1-12-9-10-13(2)16(11-12)20-14(3)17(19)18(4)15-7-5-6-8-15/h9-11,14-15H,5-8H2,1-4H3/t14-/m1/s1. The van der Waals surface area contributed by atoms with Crippen LogP contribution in [0.25, 0.3) is 0 Å². The summed E-state index contributed by atoms with van der Waals surface area (Å²) >= 11 is 0. The number of carbonyl (C=O) groups excluding carboxylic acids is 1. The highest BCUT2D eigenvalue weighted by atomic mass is 16.5. The van der Waals surface area contributed by atoms with E-state index >= 15 is 0 Å². The van der Waals surface area contributed by atoms with Crippen LogP contribution in [0, 0.1) is 13.8 Å². The summed E-state index contributed by atoms with van der Waals surface area (Å²) in [6.45, 7) is 5.88. The zero-order valence-electron chi connectivity index (χ0n) is 13.0. The first-order valence-electron chi connectivity index (χ1n) is 7.49. The lowest BCUT2D eigenvalue weighted by Gasteiger charge is -2.27. The van der Waals surface area contributed by atoms with Crippen molar-refractivity contribution in [1.29, 1.82) is 0 Å². The Hall–Kier alpha value is -1.51. The third-order valence-electron chi connectivity index (χ3n) is 4.22. The lowest BCUT2D eigenvalue weighted by atomic mass is 10.1. The Morgan fingerprint density at radius 1 is 1.30 bits per heavy atom. The second-order valence-corrected chi connectivity index (χ2v) is 5.92. The van der Waals surface area contributed by atoms with E-state index < -0.39 is 6.10 Å². The number of benzene rings is 1. The monoisotopic (exact) mass is 275 g/mol. The molecule has 0 heterocycles. The van der Waals surface area contributed by atoms with E-state index in [0.29, 0.717) is 6.04 Å². The van der Waals surface area contributed by atoms with Crippen molar-refractivity contribution in [1.82, 2.24) is 4.90 Å². The first-order chi connectivity index (χ1) is 9.49. The zero-order chi connectivity index (χ0) is 14.7. The lowest BCUT2D eigenvalue weighted by molar-refractivity contribution is -0.138. The summed E-state index contributed by atoms with van der Waals surface area (Å²) in [5, 5.41) is 0. The van der Waals surface area contributed by atoms with Gasteiger partial charge in [0.05, 0.1) is 0 Å². The summed E-state index contributed by atoms with van der Waals surface area (Å²) in [5.41, 5.74) is 2.22. The molecule has 0 N–H and O–H groups in total. The van der Waals surface area contributed by atoms with Crippen LogP contribution in [-0.2, 0) is 4.79 Å². The number of hydrogen-bond acceptors (Lipinski definition) is 2. The van der Waals surface area contributed by atoms with Gasteiger partial charge in [-0.2, -0.15) is 0 Å². The van der Waals surface area contributed by atoms with Crippen LogP contribution in [0.15, 0.2) is 18.2 Å². The van der Waals surface area contributed by atoms with E-state index in [2.05, 4.69) is 6.07 Å². The van der Waals surface area contributed by atoms with Gasteiger partial charge < -0.3 is 9.64 Å². The maximum absolute atomic E-state index is 12.4. The molecule has 1 fully saturated rings. The minimum Gasteiger partial charge on any atom is -0.481 e. The Bertz CT molecular complexity index is 478. The fraction of sp³-hybridized carbons (Fsp3) is 0.588. The number of carbonyl (C=O) groups is 1. The zero-order valence-corrected chi connectivity index (χ0v) is 13.0. The Morgan fingerprint density at radius 2 is 1.95 bits per heavy atom. The van der Waals surface area contributed by atoms with Gasteiger partial charge in [-0.15, -0.1) is 0 Å². The number of hydrogen-bond donors (Lipinski definition) is 0. The molecule has 20 heavy (non-hydrogen) atoms. The highest BCUT2D eigenvalue weighted by molar-refractivity contribution is 5.81. The summed E-state index contributed by atoms with van der Waals surface area (Å²) in [7, 11) is 1.90. The van der Waals surface area contributed by atoms with Gasteiger partial charge in [-0.25, -0.2) is 0 Å². The molecular weight excluding hydrogens is 250 g/mol. The van der Waals surface area contributed by atoms with Gasteiger partial charge in [-0.05, 0) is 50.8 Å². The highest BCUT2D eigenvalue weighted by Crippen LogP contribution is 2.24. The summed E-state index contributed by atoms with van der Waals surface area (Å²) in [6.07, 6.45) is 4.28. The fourth-order valence-corrected chi connectivity index (χ4v) is 2.83. The van der Waals surface area contributed by atoms with Gasteiger partial charge in [-0.3, -0.25) is 4.79 Å². The van der Waals surface area contributed by atoms with E-state index in [1.165, 1.54) is 12.8 Å². The van der Waals surface area contributed by atoms with Crippen LogP contribution in [0.4, 0.5) is 0 Å². The molecule has 0 aliphatic heterocycles. The average Bonchev–Trinajstić information content (AvgIpc) is 2.95. The molecule has 1 amide bonds. The largest absolute Gasteiger partial charge is 0.481 e. The highest BCUT2D eigenvalue weighted by Gasteiger charge is 2.27. The molecule has 0 bridgehead atoms. The molecule has 1 atom stereocenters. The van der Waals surface area contributed by atoms with Gasteiger partial charge in [0.1, 0.15) is 5.75 Å². The number of rotatable bonds is 4. The molecule has 1 saturated carbocycles. The van der Waals surface area contributed by atoms with Crippen LogP contribution >= 0.6 is 0 Å². The molecule has 0 unspecified atom stereocenters. The number of aryl methyl sites for hydroxylation is 2. The number of ether oxygens (including phenoxy) is 1. The van der Waals surface area contributed by atoms with Gasteiger partial charge in [-0.1, -0.05) is 25.0 Å². The second-order valence-electron chi connectivity index (χ2n) is 5.92. The van der Waals surface area contributed by atoms with E-state index in [-0.39, 0.29) is 5.91 Å². The Balaban J connectivity index is 2.01. The van der Waals surface area contributed by atoms with Crippen molar-refractivity contribution >= 4 is 5.91 Å². The van der Waals surface area contributed by atoms with Gasteiger partial charge in [0.2, 0.25) is 0 Å². The molecule has 1 aromatic carbocycles. The third kappa shape index (κ3) is 3.33. The molecule has 1 aromatic rings. The third-order valence-corrected chi connectivity index (χ3v) is 4.22. The van der Waals surface area contributed by atoms with E-state index in [4.69, 9.17) is 4.74 Å². The molecule has 0 saturated heterocycles. The molecular formula is C17H25NO2. The predicted octanol–water partition coefficient (Wildman–Crippen LogP) is 3.47. The second kappa shape index (κ2) is 6.29. The molecule has 0 aromatic heterocycles. The summed E-state index contributed by atoms with van der Waals surface area (Å²) in [5.74, 6) is 0.892. The van der Waals surface area contributed by atoms with Crippen LogP contribution in [0.2, 0.25) is 0 Å². The number of likely N-dealkylation sites (N-methyl/N-ethyl adjacent to an activating group) is 1. The Labute approximate surface area is 121 Å². The first kappa shape index (κ1) is 14.9. The summed E-state index contributed by atoms with van der Waals surface area (Å²) in [6, 6.07) is 6.48. The number of nitrogens with zero attached hydrogens (tertiary/aromatic N) is 1. The van der Waals surface area contributed by atoms with Gasteiger partial charge >= 0.3 is 0 Å². The van der Waals surface area contributed by atoms with Gasteiger partial charge in [0.25, 0.3) is 5.91 Å². The van der Waals surface area contributed by atoms with E-state index in [1.54, 1.807) is 0 Å². The minimum atomic E-state index is -0.430. The van der Waals surface area contributed by atoms with E-state index in [0.717, 1.165) is 29.7 Å². The maximum Gasteiger partial charge on any atom is 0.263 e. The fourth-order valence-electron chi connectivity index (χ4n) is 2.83. The van der Waals surface area contributed by atoms with Crippen molar-refractivity contribution in [3.8, 4) is 5.75 Å². The normalized spacial score (nSPS) is 17.0. The SMILES string of the molecule is Cc1ccc(C)c(O[C@H](C)C(=O)N(C)C2CCCC2)c1. The minimum absolute atomic E-state index is 0.0813. The quantitative estimate of drug-likeness (QED) is 0.842. The summed E-state index contributed by atoms with van der Waals surface area (Å²) < 4.78 is 5.88. The average molecular weight is 275 g/mol.